The number of carbonyl (C=O) groups excluding carboxylic acids is 1. The average molecular weight is 232 g/mol. The lowest BCUT2D eigenvalue weighted by Crippen LogP contribution is -2.38. The van der Waals surface area contributed by atoms with Crippen molar-refractivity contribution in [3.05, 3.63) is 29.8 Å². The minimum Gasteiger partial charge on any atom is -0.367 e. The van der Waals surface area contributed by atoms with Gasteiger partial charge in [0.1, 0.15) is 0 Å². The zero-order valence-corrected chi connectivity index (χ0v) is 10.6. The summed E-state index contributed by atoms with van der Waals surface area (Å²) in [5.41, 5.74) is 1.87. The molecule has 1 saturated heterocycles. The van der Waals surface area contributed by atoms with Crippen molar-refractivity contribution in [1.82, 2.24) is 4.90 Å². The number of rotatable bonds is 2. The predicted molar refractivity (Wildman–Crippen MR) is 70.8 cm³/mol. The summed E-state index contributed by atoms with van der Waals surface area (Å²) in [4.78, 5) is 15.8. The summed E-state index contributed by atoms with van der Waals surface area (Å²) in [7, 11) is 2.16. The molecule has 0 spiro atoms. The number of aldehydes is 1. The molecule has 0 aliphatic carbocycles. The molecule has 1 heterocycles. The average Bonchev–Trinajstić information content (AvgIpc) is 2.50. The largest absolute Gasteiger partial charge is 0.367 e. The van der Waals surface area contributed by atoms with E-state index in [1.165, 1.54) is 0 Å². The van der Waals surface area contributed by atoms with E-state index in [9.17, 15) is 4.79 Å². The molecule has 3 nitrogen and oxygen atoms in total. The van der Waals surface area contributed by atoms with Gasteiger partial charge in [0.25, 0.3) is 0 Å². The van der Waals surface area contributed by atoms with Crippen LogP contribution in [0.25, 0.3) is 0 Å². The second-order valence-electron chi connectivity index (χ2n) is 4.83. The molecule has 1 unspecified atom stereocenters. The highest BCUT2D eigenvalue weighted by atomic mass is 16.1. The molecule has 0 radical (unpaired) electrons. The first-order valence-electron chi connectivity index (χ1n) is 6.22. The van der Waals surface area contributed by atoms with Crippen LogP contribution in [0.15, 0.2) is 24.3 Å². The fraction of sp³-hybridized carbons (Fsp3) is 0.500. The highest BCUT2D eigenvalue weighted by molar-refractivity contribution is 5.84. The molecule has 17 heavy (non-hydrogen) atoms. The number of hydrogen-bond acceptors (Lipinski definition) is 3. The van der Waals surface area contributed by atoms with Crippen LogP contribution in [-0.2, 0) is 0 Å². The van der Waals surface area contributed by atoms with Crippen molar-refractivity contribution in [3.63, 3.8) is 0 Å². The Morgan fingerprint density at radius 3 is 2.82 bits per heavy atom. The Labute approximate surface area is 103 Å². The quantitative estimate of drug-likeness (QED) is 0.729. The number of anilines is 1. The number of carbonyl (C=O) groups is 1. The minimum atomic E-state index is 0.448. The third kappa shape index (κ3) is 2.67. The fourth-order valence-corrected chi connectivity index (χ4v) is 2.58. The van der Waals surface area contributed by atoms with Crippen molar-refractivity contribution in [2.75, 3.05) is 31.6 Å². The Balaban J connectivity index is 2.28. The normalized spacial score (nSPS) is 22.2. The molecule has 3 heteroatoms. The van der Waals surface area contributed by atoms with Gasteiger partial charge in [-0.25, -0.2) is 0 Å². The van der Waals surface area contributed by atoms with E-state index < -0.39 is 0 Å². The first-order valence-corrected chi connectivity index (χ1v) is 6.22. The van der Waals surface area contributed by atoms with Gasteiger partial charge < -0.3 is 9.80 Å². The van der Waals surface area contributed by atoms with Crippen molar-refractivity contribution in [2.45, 2.75) is 19.4 Å². The molecule has 2 rings (SSSR count). The highest BCUT2D eigenvalue weighted by Crippen LogP contribution is 2.23. The standard InChI is InChI=1S/C14H20N2O/c1-12-10-15(2)8-5-9-16(12)14-7-4-3-6-13(14)11-17/h3-4,6-7,11-12H,5,8-10H2,1-2H3. The molecule has 1 fully saturated rings. The van der Waals surface area contributed by atoms with Crippen molar-refractivity contribution in [3.8, 4) is 0 Å². The Morgan fingerprint density at radius 1 is 1.29 bits per heavy atom. The van der Waals surface area contributed by atoms with Gasteiger partial charge in [0.05, 0.1) is 0 Å². The van der Waals surface area contributed by atoms with Crippen molar-refractivity contribution < 1.29 is 4.79 Å². The van der Waals surface area contributed by atoms with Crippen LogP contribution in [0, 0.1) is 0 Å². The summed E-state index contributed by atoms with van der Waals surface area (Å²) in [6.45, 7) is 5.43. The van der Waals surface area contributed by atoms with E-state index >= 15 is 0 Å². The molecule has 0 N–H and O–H groups in total. The minimum absolute atomic E-state index is 0.448. The fourth-order valence-electron chi connectivity index (χ4n) is 2.58. The monoisotopic (exact) mass is 232 g/mol. The zero-order valence-electron chi connectivity index (χ0n) is 10.6. The van der Waals surface area contributed by atoms with Crippen LogP contribution in [-0.4, -0.2) is 43.9 Å². The molecular formula is C14H20N2O. The van der Waals surface area contributed by atoms with Gasteiger partial charge in [0.15, 0.2) is 6.29 Å². The molecule has 1 atom stereocenters. The number of nitrogens with zero attached hydrogens (tertiary/aromatic N) is 2. The van der Waals surface area contributed by atoms with Gasteiger partial charge in [0.2, 0.25) is 0 Å². The Bertz CT molecular complexity index is 392. The van der Waals surface area contributed by atoms with Crippen LogP contribution >= 0.6 is 0 Å². The first kappa shape index (κ1) is 12.1. The third-order valence-electron chi connectivity index (χ3n) is 3.42. The lowest BCUT2D eigenvalue weighted by atomic mass is 10.1. The second-order valence-corrected chi connectivity index (χ2v) is 4.83. The van der Waals surface area contributed by atoms with Crippen LogP contribution in [0.4, 0.5) is 5.69 Å². The summed E-state index contributed by atoms with van der Waals surface area (Å²) in [5, 5.41) is 0. The number of para-hydroxylation sites is 1. The summed E-state index contributed by atoms with van der Waals surface area (Å²) < 4.78 is 0. The van der Waals surface area contributed by atoms with Gasteiger partial charge in [-0.15, -0.1) is 0 Å². The maximum atomic E-state index is 11.1. The van der Waals surface area contributed by atoms with Gasteiger partial charge >= 0.3 is 0 Å². The summed E-state index contributed by atoms with van der Waals surface area (Å²) in [6.07, 6.45) is 2.10. The molecule has 1 aliphatic heterocycles. The first-order chi connectivity index (χ1) is 8.22. The molecule has 0 saturated carbocycles. The third-order valence-corrected chi connectivity index (χ3v) is 3.42. The summed E-state index contributed by atoms with van der Waals surface area (Å²) in [6, 6.07) is 8.31. The van der Waals surface area contributed by atoms with Gasteiger partial charge in [-0.1, -0.05) is 12.1 Å². The molecule has 1 aromatic carbocycles. The van der Waals surface area contributed by atoms with E-state index in [-0.39, 0.29) is 0 Å². The van der Waals surface area contributed by atoms with Gasteiger partial charge in [-0.3, -0.25) is 4.79 Å². The smallest absolute Gasteiger partial charge is 0.152 e. The Morgan fingerprint density at radius 2 is 2.06 bits per heavy atom. The molecular weight excluding hydrogens is 212 g/mol. The van der Waals surface area contributed by atoms with E-state index in [0.29, 0.717) is 6.04 Å². The molecule has 1 aromatic rings. The molecule has 0 bridgehead atoms. The number of benzene rings is 1. The Hall–Kier alpha value is -1.35. The van der Waals surface area contributed by atoms with E-state index in [2.05, 4.69) is 23.8 Å². The van der Waals surface area contributed by atoms with Crippen molar-refractivity contribution >= 4 is 12.0 Å². The lowest BCUT2D eigenvalue weighted by Gasteiger charge is -2.31. The van der Waals surface area contributed by atoms with Crippen LogP contribution in [0.5, 0.6) is 0 Å². The van der Waals surface area contributed by atoms with Gasteiger partial charge in [0, 0.05) is 30.4 Å². The van der Waals surface area contributed by atoms with E-state index in [1.807, 2.05) is 24.3 Å². The van der Waals surface area contributed by atoms with E-state index in [4.69, 9.17) is 0 Å². The number of hydrogen-bond donors (Lipinski definition) is 0. The lowest BCUT2D eigenvalue weighted by molar-refractivity contribution is 0.112. The maximum absolute atomic E-state index is 11.1. The molecule has 92 valence electrons. The number of likely N-dealkylation sites (N-methyl/N-ethyl adjacent to an activating group) is 1. The van der Waals surface area contributed by atoms with Gasteiger partial charge in [-0.2, -0.15) is 0 Å². The summed E-state index contributed by atoms with van der Waals surface area (Å²) in [5.74, 6) is 0. The van der Waals surface area contributed by atoms with E-state index in [1.54, 1.807) is 0 Å². The maximum Gasteiger partial charge on any atom is 0.152 e. The van der Waals surface area contributed by atoms with Crippen LogP contribution in [0.3, 0.4) is 0 Å². The molecule has 0 aromatic heterocycles. The van der Waals surface area contributed by atoms with Crippen molar-refractivity contribution in [2.24, 2.45) is 0 Å². The second kappa shape index (κ2) is 5.32. The molecule has 0 amide bonds. The topological polar surface area (TPSA) is 23.6 Å². The molecule has 1 aliphatic rings. The predicted octanol–water partition coefficient (Wildman–Crippen LogP) is 2.03. The highest BCUT2D eigenvalue weighted by Gasteiger charge is 2.21. The van der Waals surface area contributed by atoms with Crippen molar-refractivity contribution in [1.29, 1.82) is 0 Å². The zero-order chi connectivity index (χ0) is 12.3. The van der Waals surface area contributed by atoms with Gasteiger partial charge in [-0.05, 0) is 39.1 Å². The van der Waals surface area contributed by atoms with Crippen LogP contribution in [0.1, 0.15) is 23.7 Å². The Kier molecular flexibility index (Phi) is 3.79. The van der Waals surface area contributed by atoms with Crippen LogP contribution < -0.4 is 4.90 Å². The summed E-state index contributed by atoms with van der Waals surface area (Å²) >= 11 is 0. The SMILES string of the molecule is CC1CN(C)CCCN1c1ccccc1C=O. The van der Waals surface area contributed by atoms with Crippen LogP contribution in [0.2, 0.25) is 0 Å². The van der Waals surface area contributed by atoms with E-state index in [0.717, 1.165) is 43.6 Å².